The second-order valence-electron chi connectivity index (χ2n) is 7.14. The van der Waals surface area contributed by atoms with Crippen molar-refractivity contribution in [2.24, 2.45) is 7.05 Å². The molecule has 1 aliphatic rings. The molecule has 0 aromatic carbocycles. The number of nitrogens with one attached hydrogen (secondary N) is 1. The van der Waals surface area contributed by atoms with Gasteiger partial charge in [0.1, 0.15) is 16.3 Å². The van der Waals surface area contributed by atoms with E-state index in [-0.39, 0.29) is 0 Å². The highest BCUT2D eigenvalue weighted by atomic mass is 32.1. The van der Waals surface area contributed by atoms with Crippen molar-refractivity contribution in [3.8, 4) is 11.5 Å². The standard InChI is InChI=1S/C20H21N7S/c1-12-13(11-27(2)26-12)9-23-19-17-14-5-3-4-6-16(14)28-20(17)25-18(24-19)15-10-21-7-8-22-15/h7-8,10-11H,3-6,9H2,1-2H3,(H,23,24,25). The van der Waals surface area contributed by atoms with Crippen LogP contribution in [0.15, 0.2) is 24.8 Å². The minimum atomic E-state index is 0.615. The quantitative estimate of drug-likeness (QED) is 0.571. The van der Waals surface area contributed by atoms with Crippen molar-refractivity contribution in [3.63, 3.8) is 0 Å². The average molecular weight is 392 g/mol. The van der Waals surface area contributed by atoms with Gasteiger partial charge in [0, 0.05) is 42.6 Å². The van der Waals surface area contributed by atoms with Crippen molar-refractivity contribution < 1.29 is 0 Å². The zero-order valence-corrected chi connectivity index (χ0v) is 16.8. The van der Waals surface area contributed by atoms with Crippen LogP contribution in [0.5, 0.6) is 0 Å². The molecule has 8 heteroatoms. The van der Waals surface area contributed by atoms with Gasteiger partial charge in [-0.3, -0.25) is 9.67 Å². The molecule has 4 aromatic heterocycles. The van der Waals surface area contributed by atoms with E-state index in [1.165, 1.54) is 34.2 Å². The van der Waals surface area contributed by atoms with Gasteiger partial charge in [0.2, 0.25) is 0 Å². The van der Waals surface area contributed by atoms with Crippen LogP contribution in [-0.4, -0.2) is 29.7 Å². The number of nitrogens with zero attached hydrogens (tertiary/aromatic N) is 6. The molecule has 0 saturated carbocycles. The summed E-state index contributed by atoms with van der Waals surface area (Å²) in [5.74, 6) is 1.50. The Bertz CT molecular complexity index is 1150. The van der Waals surface area contributed by atoms with Gasteiger partial charge < -0.3 is 5.32 Å². The number of rotatable bonds is 4. The summed E-state index contributed by atoms with van der Waals surface area (Å²) in [6, 6.07) is 0. The molecule has 5 rings (SSSR count). The van der Waals surface area contributed by atoms with Gasteiger partial charge in [-0.2, -0.15) is 5.10 Å². The van der Waals surface area contributed by atoms with Crippen LogP contribution in [0.4, 0.5) is 5.82 Å². The first-order valence-corrected chi connectivity index (χ1v) is 10.3. The summed E-state index contributed by atoms with van der Waals surface area (Å²) >= 11 is 1.80. The maximum absolute atomic E-state index is 4.86. The molecule has 0 aliphatic heterocycles. The summed E-state index contributed by atoms with van der Waals surface area (Å²) in [7, 11) is 1.95. The van der Waals surface area contributed by atoms with E-state index in [0.717, 1.165) is 29.2 Å². The van der Waals surface area contributed by atoms with Crippen LogP contribution < -0.4 is 5.32 Å². The molecule has 0 spiro atoms. The Labute approximate surface area is 166 Å². The molecule has 4 heterocycles. The van der Waals surface area contributed by atoms with Crippen LogP contribution in [0.3, 0.4) is 0 Å². The summed E-state index contributed by atoms with van der Waals surface area (Å²) in [6.07, 6.45) is 11.8. The number of aromatic nitrogens is 6. The molecule has 0 radical (unpaired) electrons. The Morgan fingerprint density at radius 1 is 1.18 bits per heavy atom. The van der Waals surface area contributed by atoms with E-state index in [1.54, 1.807) is 29.9 Å². The lowest BCUT2D eigenvalue weighted by molar-refractivity contribution is 0.700. The van der Waals surface area contributed by atoms with Gasteiger partial charge in [-0.05, 0) is 38.2 Å². The molecule has 142 valence electrons. The van der Waals surface area contributed by atoms with E-state index < -0.39 is 0 Å². The molecule has 4 aromatic rings. The van der Waals surface area contributed by atoms with Gasteiger partial charge in [0.05, 0.1) is 17.3 Å². The van der Waals surface area contributed by atoms with Gasteiger partial charge >= 0.3 is 0 Å². The summed E-state index contributed by atoms with van der Waals surface area (Å²) in [6.45, 7) is 2.71. The third kappa shape index (κ3) is 3.03. The zero-order chi connectivity index (χ0) is 19.1. The highest BCUT2D eigenvalue weighted by Crippen LogP contribution is 2.39. The first-order chi connectivity index (χ1) is 13.7. The maximum atomic E-state index is 4.86. The first kappa shape index (κ1) is 17.2. The molecule has 0 amide bonds. The summed E-state index contributed by atoms with van der Waals surface area (Å²) in [4.78, 5) is 20.7. The van der Waals surface area contributed by atoms with Crippen molar-refractivity contribution in [1.82, 2.24) is 29.7 Å². The molecule has 0 bridgehead atoms. The molecule has 28 heavy (non-hydrogen) atoms. The largest absolute Gasteiger partial charge is 0.365 e. The second-order valence-corrected chi connectivity index (χ2v) is 8.23. The van der Waals surface area contributed by atoms with Crippen LogP contribution in [0.2, 0.25) is 0 Å². The topological polar surface area (TPSA) is 81.4 Å². The smallest absolute Gasteiger partial charge is 0.183 e. The summed E-state index contributed by atoms with van der Waals surface area (Å²) in [5.41, 5.74) is 4.31. The third-order valence-electron chi connectivity index (χ3n) is 5.17. The fourth-order valence-corrected chi connectivity index (χ4v) is 5.08. The van der Waals surface area contributed by atoms with Crippen molar-refractivity contribution >= 4 is 27.4 Å². The predicted octanol–water partition coefficient (Wildman–Crippen LogP) is 3.68. The van der Waals surface area contributed by atoms with Crippen LogP contribution >= 0.6 is 11.3 Å². The zero-order valence-electron chi connectivity index (χ0n) is 15.9. The SMILES string of the molecule is Cc1nn(C)cc1CNc1nc(-c2cnccn2)nc2sc3c(c12)CCCC3. The number of hydrogen-bond donors (Lipinski definition) is 1. The Balaban J connectivity index is 1.61. The molecule has 0 fully saturated rings. The predicted molar refractivity (Wildman–Crippen MR) is 110 cm³/mol. The average Bonchev–Trinajstić information content (AvgIpc) is 3.25. The lowest BCUT2D eigenvalue weighted by Gasteiger charge is -2.13. The van der Waals surface area contributed by atoms with Gasteiger partial charge in [-0.25, -0.2) is 15.0 Å². The Kier molecular flexibility index (Phi) is 4.27. The number of fused-ring (bicyclic) bond motifs is 3. The maximum Gasteiger partial charge on any atom is 0.183 e. The number of hydrogen-bond acceptors (Lipinski definition) is 7. The highest BCUT2D eigenvalue weighted by Gasteiger charge is 2.22. The molecule has 0 saturated heterocycles. The van der Waals surface area contributed by atoms with Crippen molar-refractivity contribution in [1.29, 1.82) is 0 Å². The van der Waals surface area contributed by atoms with E-state index in [0.29, 0.717) is 18.1 Å². The third-order valence-corrected chi connectivity index (χ3v) is 6.35. The fourth-order valence-electron chi connectivity index (χ4n) is 3.82. The monoisotopic (exact) mass is 391 g/mol. The summed E-state index contributed by atoms with van der Waals surface area (Å²) < 4.78 is 1.85. The van der Waals surface area contributed by atoms with E-state index in [9.17, 15) is 0 Å². The Morgan fingerprint density at radius 2 is 2.07 bits per heavy atom. The molecule has 1 N–H and O–H groups in total. The minimum absolute atomic E-state index is 0.615. The van der Waals surface area contributed by atoms with Crippen LogP contribution in [-0.2, 0) is 26.4 Å². The molecule has 0 unspecified atom stereocenters. The lowest BCUT2D eigenvalue weighted by atomic mass is 9.97. The second kappa shape index (κ2) is 6.94. The lowest BCUT2D eigenvalue weighted by Crippen LogP contribution is -2.06. The number of thiophene rings is 1. The molecular formula is C20H21N7S. The van der Waals surface area contributed by atoms with E-state index in [1.807, 2.05) is 24.9 Å². The van der Waals surface area contributed by atoms with Gasteiger partial charge in [0.25, 0.3) is 0 Å². The Hall–Kier alpha value is -2.87. The molecule has 0 atom stereocenters. The summed E-state index contributed by atoms with van der Waals surface area (Å²) in [5, 5.41) is 9.17. The van der Waals surface area contributed by atoms with Gasteiger partial charge in [0.15, 0.2) is 5.82 Å². The van der Waals surface area contributed by atoms with E-state index >= 15 is 0 Å². The minimum Gasteiger partial charge on any atom is -0.365 e. The molecule has 7 nitrogen and oxygen atoms in total. The van der Waals surface area contributed by atoms with Crippen molar-refractivity contribution in [3.05, 3.63) is 46.5 Å². The molecular weight excluding hydrogens is 370 g/mol. The fraction of sp³-hybridized carbons (Fsp3) is 0.350. The number of anilines is 1. The van der Waals surface area contributed by atoms with Gasteiger partial charge in [-0.15, -0.1) is 11.3 Å². The molecule has 1 aliphatic carbocycles. The van der Waals surface area contributed by atoms with Crippen molar-refractivity contribution in [2.75, 3.05) is 5.32 Å². The van der Waals surface area contributed by atoms with Crippen molar-refractivity contribution in [2.45, 2.75) is 39.2 Å². The van der Waals surface area contributed by atoms with E-state index in [4.69, 9.17) is 9.97 Å². The number of aryl methyl sites for hydroxylation is 4. The highest BCUT2D eigenvalue weighted by molar-refractivity contribution is 7.19. The normalized spacial score (nSPS) is 13.6. The Morgan fingerprint density at radius 3 is 2.86 bits per heavy atom. The van der Waals surface area contributed by atoms with Gasteiger partial charge in [-0.1, -0.05) is 0 Å². The van der Waals surface area contributed by atoms with Crippen LogP contribution in [0.1, 0.15) is 34.5 Å². The van der Waals surface area contributed by atoms with Crippen LogP contribution in [0, 0.1) is 6.92 Å². The van der Waals surface area contributed by atoms with Crippen LogP contribution in [0.25, 0.3) is 21.7 Å². The first-order valence-electron chi connectivity index (χ1n) is 9.50. The van der Waals surface area contributed by atoms with E-state index in [2.05, 4.69) is 20.4 Å².